The largest absolute Gasteiger partial charge is 0.530 e. The van der Waals surface area contributed by atoms with Crippen molar-refractivity contribution >= 4 is 23.2 Å². The molecule has 0 aliphatic rings. The fourth-order valence-corrected chi connectivity index (χ4v) is 1.70. The van der Waals surface area contributed by atoms with Gasteiger partial charge in [-0.25, -0.2) is 0 Å². The summed E-state index contributed by atoms with van der Waals surface area (Å²) in [6.07, 6.45) is -1.61. The number of nitro benzene ring substituents is 2. The van der Waals surface area contributed by atoms with Gasteiger partial charge in [-0.1, -0.05) is 0 Å². The number of carboxylic acid groups (broad SMARTS) is 1. The SMILES string of the molecule is O=C([O-])Nc1ccc(Oc2ccc([N+](=O)[O-])cc2)c([N+](=O)[O-])c1. The van der Waals surface area contributed by atoms with Gasteiger partial charge in [0.05, 0.1) is 9.85 Å². The maximum Gasteiger partial charge on any atom is 0.313 e. The van der Waals surface area contributed by atoms with Crippen molar-refractivity contribution in [3.8, 4) is 11.5 Å². The molecular formula is C13H8N3O7-. The third-order valence-corrected chi connectivity index (χ3v) is 2.68. The first-order valence-electron chi connectivity index (χ1n) is 6.05. The lowest BCUT2D eigenvalue weighted by atomic mass is 10.2. The molecule has 0 unspecified atom stereocenters. The number of nitrogens with zero attached hydrogens (tertiary/aromatic N) is 2. The Hall–Kier alpha value is -3.69. The predicted octanol–water partition coefficient (Wildman–Crippen LogP) is 2.05. The van der Waals surface area contributed by atoms with E-state index in [4.69, 9.17) is 4.74 Å². The van der Waals surface area contributed by atoms with Gasteiger partial charge in [-0.05, 0) is 24.3 Å². The molecule has 0 saturated heterocycles. The zero-order chi connectivity index (χ0) is 17.0. The van der Waals surface area contributed by atoms with Crippen LogP contribution in [0.25, 0.3) is 0 Å². The number of nitrogens with one attached hydrogen (secondary N) is 1. The number of nitro groups is 2. The normalized spacial score (nSPS) is 9.91. The van der Waals surface area contributed by atoms with Crippen LogP contribution in [-0.2, 0) is 0 Å². The van der Waals surface area contributed by atoms with Crippen LogP contribution in [0.1, 0.15) is 0 Å². The van der Waals surface area contributed by atoms with Crippen LogP contribution in [0.4, 0.5) is 21.9 Å². The van der Waals surface area contributed by atoms with Crippen molar-refractivity contribution < 1.29 is 24.5 Å². The highest BCUT2D eigenvalue weighted by Crippen LogP contribution is 2.34. The molecule has 2 rings (SSSR count). The van der Waals surface area contributed by atoms with Crippen LogP contribution < -0.4 is 15.2 Å². The molecule has 0 atom stereocenters. The smallest absolute Gasteiger partial charge is 0.313 e. The van der Waals surface area contributed by atoms with Crippen LogP contribution in [-0.4, -0.2) is 15.9 Å². The van der Waals surface area contributed by atoms with Crippen molar-refractivity contribution in [1.29, 1.82) is 0 Å². The lowest BCUT2D eigenvalue weighted by Gasteiger charge is -2.09. The first kappa shape index (κ1) is 15.7. The summed E-state index contributed by atoms with van der Waals surface area (Å²) >= 11 is 0. The van der Waals surface area contributed by atoms with Crippen molar-refractivity contribution in [2.45, 2.75) is 0 Å². The fourth-order valence-electron chi connectivity index (χ4n) is 1.70. The first-order chi connectivity index (χ1) is 10.9. The van der Waals surface area contributed by atoms with E-state index < -0.39 is 21.6 Å². The number of rotatable bonds is 5. The molecule has 0 heterocycles. The van der Waals surface area contributed by atoms with Gasteiger partial charge in [0.15, 0.2) is 0 Å². The summed E-state index contributed by atoms with van der Waals surface area (Å²) in [5, 5.41) is 33.9. The van der Waals surface area contributed by atoms with Gasteiger partial charge in [0.25, 0.3) is 5.69 Å². The van der Waals surface area contributed by atoms with Gasteiger partial charge in [-0.15, -0.1) is 0 Å². The molecular weight excluding hydrogens is 310 g/mol. The second kappa shape index (κ2) is 6.39. The molecule has 1 N–H and O–H groups in total. The Bertz CT molecular complexity index is 774. The molecule has 0 saturated carbocycles. The molecule has 10 heteroatoms. The molecule has 0 aromatic heterocycles. The number of carbonyl (C=O) groups is 1. The van der Waals surface area contributed by atoms with Gasteiger partial charge in [-0.2, -0.15) is 0 Å². The number of hydrogen-bond acceptors (Lipinski definition) is 7. The molecule has 23 heavy (non-hydrogen) atoms. The highest BCUT2D eigenvalue weighted by Gasteiger charge is 2.17. The molecule has 0 radical (unpaired) electrons. The van der Waals surface area contributed by atoms with E-state index >= 15 is 0 Å². The van der Waals surface area contributed by atoms with E-state index in [0.717, 1.165) is 6.07 Å². The maximum absolute atomic E-state index is 11.0. The van der Waals surface area contributed by atoms with E-state index in [0.29, 0.717) is 0 Å². The summed E-state index contributed by atoms with van der Waals surface area (Å²) in [5.41, 5.74) is -0.678. The molecule has 1 amide bonds. The van der Waals surface area contributed by atoms with E-state index in [1.54, 1.807) is 0 Å². The highest BCUT2D eigenvalue weighted by atomic mass is 16.6. The van der Waals surface area contributed by atoms with E-state index in [9.17, 15) is 30.1 Å². The standard InChI is InChI=1S/C13H9N3O7/c17-13(18)14-8-1-6-12(11(7-8)16(21)22)23-10-4-2-9(3-5-10)15(19)20/h1-7,14H,(H,17,18)/p-1. The first-order valence-corrected chi connectivity index (χ1v) is 6.05. The van der Waals surface area contributed by atoms with Crippen LogP contribution in [0.15, 0.2) is 42.5 Å². The maximum atomic E-state index is 11.0. The monoisotopic (exact) mass is 318 g/mol. The molecule has 0 aliphatic heterocycles. The third kappa shape index (κ3) is 3.91. The number of non-ortho nitro benzene ring substituents is 1. The van der Waals surface area contributed by atoms with Crippen LogP contribution in [0.2, 0.25) is 0 Å². The average molecular weight is 318 g/mol. The van der Waals surface area contributed by atoms with Crippen LogP contribution in [0.3, 0.4) is 0 Å². The number of anilines is 1. The Labute approximate surface area is 128 Å². The molecule has 2 aromatic rings. The quantitative estimate of drug-likeness (QED) is 0.655. The van der Waals surface area contributed by atoms with Crippen LogP contribution >= 0.6 is 0 Å². The Morgan fingerprint density at radius 2 is 1.65 bits per heavy atom. The lowest BCUT2D eigenvalue weighted by molar-refractivity contribution is -0.385. The highest BCUT2D eigenvalue weighted by molar-refractivity contribution is 5.82. The van der Waals surface area contributed by atoms with E-state index in [2.05, 4.69) is 0 Å². The topological polar surface area (TPSA) is 148 Å². The summed E-state index contributed by atoms with van der Waals surface area (Å²) in [7, 11) is 0. The van der Waals surface area contributed by atoms with Gasteiger partial charge < -0.3 is 20.0 Å². The number of carbonyl (C=O) groups excluding carboxylic acids is 1. The van der Waals surface area contributed by atoms with Gasteiger partial charge in [-0.3, -0.25) is 20.2 Å². The van der Waals surface area contributed by atoms with E-state index in [1.165, 1.54) is 36.4 Å². The zero-order valence-electron chi connectivity index (χ0n) is 11.3. The van der Waals surface area contributed by atoms with Crippen LogP contribution in [0.5, 0.6) is 11.5 Å². The van der Waals surface area contributed by atoms with Gasteiger partial charge in [0, 0.05) is 23.9 Å². The Balaban J connectivity index is 2.29. The fraction of sp³-hybridized carbons (Fsp3) is 0. The Kier molecular flexibility index (Phi) is 4.36. The second-order valence-corrected chi connectivity index (χ2v) is 4.21. The summed E-state index contributed by atoms with van der Waals surface area (Å²) in [6.45, 7) is 0. The minimum Gasteiger partial charge on any atom is -0.530 e. The van der Waals surface area contributed by atoms with Crippen molar-refractivity contribution in [3.05, 3.63) is 62.7 Å². The van der Waals surface area contributed by atoms with Crippen LogP contribution in [0, 0.1) is 20.2 Å². The van der Waals surface area contributed by atoms with Gasteiger partial charge in [0.2, 0.25) is 5.75 Å². The number of ether oxygens (including phenoxy) is 1. The lowest BCUT2D eigenvalue weighted by Crippen LogP contribution is -2.28. The molecule has 2 aromatic carbocycles. The Morgan fingerprint density at radius 3 is 2.17 bits per heavy atom. The van der Waals surface area contributed by atoms with Crippen molar-refractivity contribution in [2.75, 3.05) is 5.32 Å². The minimum absolute atomic E-state index is 0.0484. The zero-order valence-corrected chi connectivity index (χ0v) is 11.3. The van der Waals surface area contributed by atoms with Gasteiger partial charge >= 0.3 is 5.69 Å². The van der Waals surface area contributed by atoms with Crippen molar-refractivity contribution in [1.82, 2.24) is 0 Å². The molecule has 0 fully saturated rings. The Morgan fingerprint density at radius 1 is 1.00 bits per heavy atom. The molecule has 0 bridgehead atoms. The molecule has 118 valence electrons. The molecule has 10 nitrogen and oxygen atoms in total. The molecule has 0 aliphatic carbocycles. The number of benzene rings is 2. The summed E-state index contributed by atoms with van der Waals surface area (Å²) in [6, 6.07) is 8.37. The average Bonchev–Trinajstić information content (AvgIpc) is 2.48. The number of amides is 1. The van der Waals surface area contributed by atoms with E-state index in [1.807, 2.05) is 5.32 Å². The van der Waals surface area contributed by atoms with Gasteiger partial charge in [0.1, 0.15) is 11.8 Å². The van der Waals surface area contributed by atoms with Crippen molar-refractivity contribution in [3.63, 3.8) is 0 Å². The number of hydrogen-bond donors (Lipinski definition) is 1. The minimum atomic E-state index is -1.61. The summed E-state index contributed by atoms with van der Waals surface area (Å²) in [5.74, 6) is 0.00654. The third-order valence-electron chi connectivity index (χ3n) is 2.68. The van der Waals surface area contributed by atoms with Crippen molar-refractivity contribution in [2.24, 2.45) is 0 Å². The van der Waals surface area contributed by atoms with E-state index in [-0.39, 0.29) is 22.9 Å². The predicted molar refractivity (Wildman–Crippen MR) is 75.3 cm³/mol. The molecule has 0 spiro atoms. The second-order valence-electron chi connectivity index (χ2n) is 4.21. The summed E-state index contributed by atoms with van der Waals surface area (Å²) < 4.78 is 5.31. The summed E-state index contributed by atoms with van der Waals surface area (Å²) in [4.78, 5) is 30.7.